The Labute approximate surface area is 144 Å². The van der Waals surface area contributed by atoms with Gasteiger partial charge in [-0.2, -0.15) is 0 Å². The number of allylic oxidation sites excluding steroid dienone is 4. The standard InChI is InChI=1S/C15H14S.C7H14/c1-11-7-9-13-12-5-3-2-4-6-14(12)16-15(13)10-8-11;1-7-5-3-2-4-6-7/h2-3,5-11H,4H2,1H3;7H,2-6H2,1H3. The third kappa shape index (κ3) is 4.35. The first-order valence-electron chi connectivity index (χ1n) is 9.10. The maximum atomic E-state index is 2.36. The molecular weight excluding hydrogens is 296 g/mol. The van der Waals surface area contributed by atoms with Crippen LogP contribution < -0.4 is 9.75 Å². The summed E-state index contributed by atoms with van der Waals surface area (Å²) in [6, 6.07) is 0. The van der Waals surface area contributed by atoms with Crippen molar-refractivity contribution in [1.29, 1.82) is 0 Å². The summed E-state index contributed by atoms with van der Waals surface area (Å²) in [7, 11) is 0. The fourth-order valence-electron chi connectivity index (χ4n) is 3.39. The normalized spacial score (nSPS) is 22.6. The van der Waals surface area contributed by atoms with Crippen molar-refractivity contribution in [3.05, 3.63) is 44.5 Å². The molecule has 4 rings (SSSR count). The van der Waals surface area contributed by atoms with Crippen molar-refractivity contribution < 1.29 is 0 Å². The predicted molar refractivity (Wildman–Crippen MR) is 106 cm³/mol. The van der Waals surface area contributed by atoms with E-state index < -0.39 is 0 Å². The first-order valence-corrected chi connectivity index (χ1v) is 9.92. The first-order chi connectivity index (χ1) is 11.2. The molecule has 0 bridgehead atoms. The Balaban J connectivity index is 0.000000188. The molecule has 0 nitrogen and oxygen atoms in total. The minimum atomic E-state index is 0.542. The van der Waals surface area contributed by atoms with E-state index in [-0.39, 0.29) is 0 Å². The highest BCUT2D eigenvalue weighted by Gasteiger charge is 2.08. The highest BCUT2D eigenvalue weighted by atomic mass is 32.1. The smallest absolute Gasteiger partial charge is 0.0352 e. The number of thiophene rings is 1. The molecule has 1 aromatic heterocycles. The highest BCUT2D eigenvalue weighted by Crippen LogP contribution is 2.22. The van der Waals surface area contributed by atoms with Gasteiger partial charge in [-0.3, -0.25) is 0 Å². The van der Waals surface area contributed by atoms with Gasteiger partial charge in [0.05, 0.1) is 0 Å². The molecule has 1 saturated carbocycles. The van der Waals surface area contributed by atoms with E-state index in [1.54, 1.807) is 0 Å². The fraction of sp³-hybridized carbons (Fsp3) is 0.455. The second-order valence-corrected chi connectivity index (χ2v) is 8.10. The molecule has 1 atom stereocenters. The topological polar surface area (TPSA) is 0 Å². The van der Waals surface area contributed by atoms with Crippen LogP contribution in [0.25, 0.3) is 24.3 Å². The van der Waals surface area contributed by atoms with Crippen LogP contribution in [0.3, 0.4) is 0 Å². The molecule has 3 aliphatic rings. The van der Waals surface area contributed by atoms with Crippen molar-refractivity contribution in [2.24, 2.45) is 11.8 Å². The number of fused-ring (bicyclic) bond motifs is 3. The van der Waals surface area contributed by atoms with Crippen molar-refractivity contribution in [2.45, 2.75) is 52.4 Å². The summed E-state index contributed by atoms with van der Waals surface area (Å²) in [5.74, 6) is 1.58. The van der Waals surface area contributed by atoms with E-state index in [1.807, 2.05) is 11.3 Å². The molecule has 0 radical (unpaired) electrons. The van der Waals surface area contributed by atoms with E-state index in [4.69, 9.17) is 0 Å². The molecule has 0 aliphatic heterocycles. The van der Waals surface area contributed by atoms with Gasteiger partial charge in [0.1, 0.15) is 0 Å². The van der Waals surface area contributed by atoms with Crippen LogP contribution in [0.5, 0.6) is 0 Å². The van der Waals surface area contributed by atoms with Crippen LogP contribution in [0.1, 0.15) is 62.8 Å². The van der Waals surface area contributed by atoms with Gasteiger partial charge < -0.3 is 0 Å². The lowest BCUT2D eigenvalue weighted by Crippen LogP contribution is -2.19. The van der Waals surface area contributed by atoms with E-state index in [0.717, 1.165) is 12.3 Å². The summed E-state index contributed by atoms with van der Waals surface area (Å²) in [5.41, 5.74) is 1.39. The SMILES string of the molecule is CC1C=Cc2sc3c(c2C=C1)=CC=CCC=3.CC1CCCCC1. The molecule has 1 heterocycles. The minimum absolute atomic E-state index is 0.542. The Hall–Kier alpha value is -1.34. The third-order valence-electron chi connectivity index (χ3n) is 4.89. The maximum Gasteiger partial charge on any atom is 0.0352 e. The van der Waals surface area contributed by atoms with Gasteiger partial charge >= 0.3 is 0 Å². The third-order valence-corrected chi connectivity index (χ3v) is 6.07. The van der Waals surface area contributed by atoms with E-state index in [2.05, 4.69) is 62.5 Å². The molecule has 3 aliphatic carbocycles. The Morgan fingerprint density at radius 2 is 1.78 bits per heavy atom. The molecule has 0 saturated heterocycles. The molecule has 0 N–H and O–H groups in total. The van der Waals surface area contributed by atoms with Gasteiger partial charge in [-0.25, -0.2) is 0 Å². The van der Waals surface area contributed by atoms with E-state index in [1.165, 1.54) is 52.3 Å². The number of rotatable bonds is 0. The molecule has 0 aromatic carbocycles. The maximum absolute atomic E-state index is 2.36. The lowest BCUT2D eigenvalue weighted by molar-refractivity contribution is 0.385. The van der Waals surface area contributed by atoms with Gasteiger partial charge in [-0.1, -0.05) is 88.5 Å². The van der Waals surface area contributed by atoms with Crippen LogP contribution in [-0.2, 0) is 0 Å². The number of hydrogen-bond acceptors (Lipinski definition) is 1. The molecular formula is C22H28S. The summed E-state index contributed by atoms with van der Waals surface area (Å²) in [6.07, 6.45) is 26.5. The molecule has 1 unspecified atom stereocenters. The van der Waals surface area contributed by atoms with Gasteiger partial charge in [0.25, 0.3) is 0 Å². The van der Waals surface area contributed by atoms with E-state index in [0.29, 0.717) is 5.92 Å². The summed E-state index contributed by atoms with van der Waals surface area (Å²) in [5, 5.41) is 1.39. The van der Waals surface area contributed by atoms with Crippen LogP contribution >= 0.6 is 11.3 Å². The molecule has 0 spiro atoms. The second-order valence-electron chi connectivity index (χ2n) is 7.01. The fourth-order valence-corrected chi connectivity index (χ4v) is 4.53. The molecule has 122 valence electrons. The van der Waals surface area contributed by atoms with Gasteiger partial charge in [0.2, 0.25) is 0 Å². The van der Waals surface area contributed by atoms with Crippen LogP contribution in [0.4, 0.5) is 0 Å². The summed E-state index contributed by atoms with van der Waals surface area (Å²) < 4.78 is 1.42. The van der Waals surface area contributed by atoms with Gasteiger partial charge in [-0.05, 0) is 35.1 Å². The quantitative estimate of drug-likeness (QED) is 0.588. The summed E-state index contributed by atoms with van der Waals surface area (Å²) >= 11 is 1.90. The zero-order valence-electron chi connectivity index (χ0n) is 14.4. The van der Waals surface area contributed by atoms with E-state index >= 15 is 0 Å². The molecule has 23 heavy (non-hydrogen) atoms. The zero-order valence-corrected chi connectivity index (χ0v) is 15.2. The Morgan fingerprint density at radius 3 is 2.52 bits per heavy atom. The van der Waals surface area contributed by atoms with Crippen molar-refractivity contribution in [1.82, 2.24) is 0 Å². The average molecular weight is 325 g/mol. The van der Waals surface area contributed by atoms with Crippen LogP contribution in [0.2, 0.25) is 0 Å². The van der Waals surface area contributed by atoms with Crippen LogP contribution in [0.15, 0.2) is 24.3 Å². The lowest BCUT2D eigenvalue weighted by atomic mass is 9.91. The van der Waals surface area contributed by atoms with Gasteiger partial charge in [0.15, 0.2) is 0 Å². The summed E-state index contributed by atoms with van der Waals surface area (Å²) in [6.45, 7) is 4.58. The van der Waals surface area contributed by atoms with Crippen molar-refractivity contribution in [3.63, 3.8) is 0 Å². The van der Waals surface area contributed by atoms with Gasteiger partial charge in [-0.15, -0.1) is 11.3 Å². The zero-order chi connectivity index (χ0) is 16.1. The van der Waals surface area contributed by atoms with Crippen molar-refractivity contribution >= 4 is 35.6 Å². The average Bonchev–Trinajstić information content (AvgIpc) is 2.72. The van der Waals surface area contributed by atoms with E-state index in [9.17, 15) is 0 Å². The Kier molecular flexibility index (Phi) is 5.72. The minimum Gasteiger partial charge on any atom is -0.136 e. The summed E-state index contributed by atoms with van der Waals surface area (Å²) in [4.78, 5) is 1.40. The Bertz CT molecular complexity index is 721. The predicted octanol–water partition coefficient (Wildman–Crippen LogP) is 5.53. The van der Waals surface area contributed by atoms with Crippen LogP contribution in [-0.4, -0.2) is 0 Å². The molecule has 1 fully saturated rings. The van der Waals surface area contributed by atoms with Gasteiger partial charge in [0, 0.05) is 9.41 Å². The van der Waals surface area contributed by atoms with Crippen molar-refractivity contribution in [3.8, 4) is 0 Å². The largest absolute Gasteiger partial charge is 0.136 e. The molecule has 1 aromatic rings. The Morgan fingerprint density at radius 1 is 1.00 bits per heavy atom. The second kappa shape index (κ2) is 7.97. The number of hydrogen-bond donors (Lipinski definition) is 0. The highest BCUT2D eigenvalue weighted by molar-refractivity contribution is 7.11. The van der Waals surface area contributed by atoms with Crippen molar-refractivity contribution in [2.75, 3.05) is 0 Å². The first kappa shape index (κ1) is 16.5. The molecule has 1 heteroatoms. The monoisotopic (exact) mass is 324 g/mol. The lowest BCUT2D eigenvalue weighted by Gasteiger charge is -2.15. The molecule has 0 amide bonds. The van der Waals surface area contributed by atoms with Crippen LogP contribution in [0, 0.1) is 11.8 Å².